The first kappa shape index (κ1) is 13.8. The molecule has 0 aliphatic rings. The fourth-order valence-corrected chi connectivity index (χ4v) is 2.33. The summed E-state index contributed by atoms with van der Waals surface area (Å²) in [6.45, 7) is 7.41. The molecular weight excluding hydrogens is 236 g/mol. The molecule has 0 amide bonds. The van der Waals surface area contributed by atoms with Crippen molar-refractivity contribution < 1.29 is 4.74 Å². The number of fused-ring (bicyclic) bond motifs is 1. The van der Waals surface area contributed by atoms with Gasteiger partial charge in [0, 0.05) is 23.7 Å². The van der Waals surface area contributed by atoms with E-state index >= 15 is 0 Å². The summed E-state index contributed by atoms with van der Waals surface area (Å²) in [7, 11) is 0. The summed E-state index contributed by atoms with van der Waals surface area (Å²) in [6.07, 6.45) is 2.99. The molecule has 1 N–H and O–H groups in total. The molecule has 0 aliphatic carbocycles. The number of rotatable bonds is 6. The molecule has 0 aliphatic heterocycles. The highest BCUT2D eigenvalue weighted by Gasteiger charge is 2.09. The van der Waals surface area contributed by atoms with E-state index in [9.17, 15) is 0 Å². The Morgan fingerprint density at radius 3 is 2.89 bits per heavy atom. The van der Waals surface area contributed by atoms with Gasteiger partial charge in [0.2, 0.25) is 0 Å². The Balaban J connectivity index is 2.00. The lowest BCUT2D eigenvalue weighted by Crippen LogP contribution is -2.30. The van der Waals surface area contributed by atoms with E-state index in [1.54, 1.807) is 0 Å². The highest BCUT2D eigenvalue weighted by atomic mass is 16.5. The van der Waals surface area contributed by atoms with Crippen molar-refractivity contribution in [2.75, 3.05) is 6.54 Å². The van der Waals surface area contributed by atoms with Crippen LogP contribution in [0.15, 0.2) is 36.5 Å². The number of nitrogens with one attached hydrogen (secondary N) is 1. The van der Waals surface area contributed by atoms with Crippen molar-refractivity contribution in [3.63, 3.8) is 0 Å². The smallest absolute Gasteiger partial charge is 0.121 e. The molecule has 1 aromatic carbocycles. The Morgan fingerprint density at radius 1 is 1.26 bits per heavy atom. The van der Waals surface area contributed by atoms with E-state index < -0.39 is 0 Å². The van der Waals surface area contributed by atoms with Crippen LogP contribution < -0.4 is 10.1 Å². The number of aromatic nitrogens is 1. The van der Waals surface area contributed by atoms with E-state index in [1.165, 1.54) is 0 Å². The molecule has 0 radical (unpaired) electrons. The minimum Gasteiger partial charge on any atom is -0.491 e. The lowest BCUT2D eigenvalue weighted by atomic mass is 10.1. The van der Waals surface area contributed by atoms with Crippen LogP contribution in [-0.2, 0) is 0 Å². The van der Waals surface area contributed by atoms with Crippen LogP contribution in [0, 0.1) is 0 Å². The summed E-state index contributed by atoms with van der Waals surface area (Å²) in [4.78, 5) is 4.35. The molecule has 2 atom stereocenters. The van der Waals surface area contributed by atoms with Crippen LogP contribution in [0.25, 0.3) is 10.9 Å². The molecular formula is C16H22N2O. The van der Waals surface area contributed by atoms with Gasteiger partial charge in [-0.05, 0) is 45.0 Å². The summed E-state index contributed by atoms with van der Waals surface area (Å²) >= 11 is 0. The maximum absolute atomic E-state index is 5.96. The third-order valence-electron chi connectivity index (χ3n) is 3.15. The summed E-state index contributed by atoms with van der Waals surface area (Å²) in [6, 6.07) is 10.5. The van der Waals surface area contributed by atoms with E-state index in [0.717, 1.165) is 29.6 Å². The monoisotopic (exact) mass is 258 g/mol. The predicted molar refractivity (Wildman–Crippen MR) is 79.6 cm³/mol. The van der Waals surface area contributed by atoms with E-state index in [-0.39, 0.29) is 6.10 Å². The molecule has 0 spiro atoms. The van der Waals surface area contributed by atoms with Gasteiger partial charge in [-0.2, -0.15) is 0 Å². The van der Waals surface area contributed by atoms with Crippen LogP contribution in [0.2, 0.25) is 0 Å². The van der Waals surface area contributed by atoms with Crippen molar-refractivity contribution in [2.24, 2.45) is 0 Å². The third kappa shape index (κ3) is 3.93. The van der Waals surface area contributed by atoms with Gasteiger partial charge in [-0.1, -0.05) is 13.0 Å². The fourth-order valence-electron chi connectivity index (χ4n) is 2.33. The molecule has 0 saturated carbocycles. The molecule has 2 aromatic rings. The van der Waals surface area contributed by atoms with Crippen molar-refractivity contribution in [3.8, 4) is 5.75 Å². The zero-order valence-corrected chi connectivity index (χ0v) is 11.9. The Bertz CT molecular complexity index is 527. The van der Waals surface area contributed by atoms with E-state index in [4.69, 9.17) is 4.74 Å². The highest BCUT2D eigenvalue weighted by molar-refractivity contribution is 5.79. The molecule has 1 heterocycles. The van der Waals surface area contributed by atoms with Crippen molar-refractivity contribution in [2.45, 2.75) is 39.3 Å². The molecule has 2 rings (SSSR count). The lowest BCUT2D eigenvalue weighted by Gasteiger charge is -2.19. The van der Waals surface area contributed by atoms with Gasteiger partial charge >= 0.3 is 0 Å². The molecule has 3 nitrogen and oxygen atoms in total. The minimum absolute atomic E-state index is 0.190. The van der Waals surface area contributed by atoms with Crippen molar-refractivity contribution in [3.05, 3.63) is 36.5 Å². The van der Waals surface area contributed by atoms with Gasteiger partial charge in [-0.3, -0.25) is 4.98 Å². The second-order valence-electron chi connectivity index (χ2n) is 4.98. The zero-order chi connectivity index (χ0) is 13.7. The van der Waals surface area contributed by atoms with E-state index in [2.05, 4.69) is 43.2 Å². The predicted octanol–water partition coefficient (Wildman–Crippen LogP) is 3.39. The number of hydrogen-bond donors (Lipinski definition) is 1. The van der Waals surface area contributed by atoms with Crippen LogP contribution in [-0.4, -0.2) is 23.7 Å². The largest absolute Gasteiger partial charge is 0.491 e. The van der Waals surface area contributed by atoms with Crippen LogP contribution >= 0.6 is 0 Å². The van der Waals surface area contributed by atoms with Crippen molar-refractivity contribution >= 4 is 10.9 Å². The maximum atomic E-state index is 5.96. The number of ether oxygens (including phenoxy) is 1. The third-order valence-corrected chi connectivity index (χ3v) is 3.15. The maximum Gasteiger partial charge on any atom is 0.121 e. The van der Waals surface area contributed by atoms with Crippen LogP contribution in [0.1, 0.15) is 27.2 Å². The van der Waals surface area contributed by atoms with Gasteiger partial charge in [-0.25, -0.2) is 0 Å². The summed E-state index contributed by atoms with van der Waals surface area (Å²) < 4.78 is 5.96. The van der Waals surface area contributed by atoms with E-state index in [1.807, 2.05) is 24.4 Å². The normalized spacial score (nSPS) is 14.3. The molecule has 1 aromatic heterocycles. The van der Waals surface area contributed by atoms with Gasteiger partial charge in [0.05, 0.1) is 11.6 Å². The summed E-state index contributed by atoms with van der Waals surface area (Å²) in [5.41, 5.74) is 0.979. The van der Waals surface area contributed by atoms with Crippen molar-refractivity contribution in [1.29, 1.82) is 0 Å². The molecule has 102 valence electrons. The summed E-state index contributed by atoms with van der Waals surface area (Å²) in [5.74, 6) is 0.891. The minimum atomic E-state index is 0.190. The first-order valence-corrected chi connectivity index (χ1v) is 6.94. The molecule has 2 unspecified atom stereocenters. The van der Waals surface area contributed by atoms with Crippen LogP contribution in [0.4, 0.5) is 0 Å². The van der Waals surface area contributed by atoms with Gasteiger partial charge in [0.25, 0.3) is 0 Å². The van der Waals surface area contributed by atoms with Crippen LogP contribution in [0.5, 0.6) is 5.75 Å². The number of nitrogens with zero attached hydrogens (tertiary/aromatic N) is 1. The second kappa shape index (κ2) is 6.53. The average molecular weight is 258 g/mol. The molecule has 0 fully saturated rings. The fraction of sp³-hybridized carbons (Fsp3) is 0.438. The second-order valence-corrected chi connectivity index (χ2v) is 4.98. The average Bonchev–Trinajstić information content (AvgIpc) is 2.38. The van der Waals surface area contributed by atoms with Gasteiger partial charge in [-0.15, -0.1) is 0 Å². The van der Waals surface area contributed by atoms with Crippen molar-refractivity contribution in [1.82, 2.24) is 10.3 Å². The molecule has 0 saturated heterocycles. The number of hydrogen-bond acceptors (Lipinski definition) is 3. The topological polar surface area (TPSA) is 34.1 Å². The molecule has 0 bridgehead atoms. The molecule has 19 heavy (non-hydrogen) atoms. The quantitative estimate of drug-likeness (QED) is 0.862. The number of pyridine rings is 1. The SMILES string of the molecule is CCNC(C)CC(C)Oc1ccc2cccnc2c1. The lowest BCUT2D eigenvalue weighted by molar-refractivity contribution is 0.196. The van der Waals surface area contributed by atoms with Gasteiger partial charge in [0.15, 0.2) is 0 Å². The Hall–Kier alpha value is -1.61. The van der Waals surface area contributed by atoms with E-state index in [0.29, 0.717) is 6.04 Å². The first-order chi connectivity index (χ1) is 9.19. The number of benzene rings is 1. The van der Waals surface area contributed by atoms with Gasteiger partial charge in [0.1, 0.15) is 5.75 Å². The summed E-state index contributed by atoms with van der Waals surface area (Å²) in [5, 5.41) is 4.54. The Morgan fingerprint density at radius 2 is 2.11 bits per heavy atom. The first-order valence-electron chi connectivity index (χ1n) is 6.94. The Labute approximate surface area is 115 Å². The van der Waals surface area contributed by atoms with Crippen LogP contribution in [0.3, 0.4) is 0 Å². The zero-order valence-electron chi connectivity index (χ0n) is 11.9. The highest BCUT2D eigenvalue weighted by Crippen LogP contribution is 2.20. The Kier molecular flexibility index (Phi) is 4.74. The standard InChI is InChI=1S/C16H22N2O/c1-4-17-12(2)10-13(3)19-15-8-7-14-6-5-9-18-16(14)11-15/h5-9,11-13,17H,4,10H2,1-3H3. The molecule has 3 heteroatoms. The van der Waals surface area contributed by atoms with Gasteiger partial charge < -0.3 is 10.1 Å².